The first-order valence-corrected chi connectivity index (χ1v) is 13.6. The van der Waals surface area contributed by atoms with Crippen LogP contribution in [0.3, 0.4) is 0 Å². The van der Waals surface area contributed by atoms with E-state index in [0.29, 0.717) is 40.4 Å². The molecule has 0 bridgehead atoms. The summed E-state index contributed by atoms with van der Waals surface area (Å²) in [7, 11) is 0. The fraction of sp³-hybridized carbons (Fsp3) is 0.133. The summed E-state index contributed by atoms with van der Waals surface area (Å²) in [4.78, 5) is 32.0. The highest BCUT2D eigenvalue weighted by atomic mass is 32.1. The maximum Gasteiger partial charge on any atom is 0.264 e. The number of nitrogen functional groups attached to an aromatic ring is 1. The first kappa shape index (κ1) is 25.2. The van der Waals surface area contributed by atoms with Gasteiger partial charge in [0, 0.05) is 35.1 Å². The number of aryl methyl sites for hydroxylation is 1. The smallest absolute Gasteiger partial charge is 0.264 e. The number of carbonyl (C=O) groups excluding carboxylic acids is 1. The minimum Gasteiger partial charge on any atom is -0.381 e. The lowest BCUT2D eigenvalue weighted by Gasteiger charge is -2.21. The molecule has 2 aromatic carbocycles. The third kappa shape index (κ3) is 4.52. The van der Waals surface area contributed by atoms with E-state index in [2.05, 4.69) is 32.6 Å². The van der Waals surface area contributed by atoms with Gasteiger partial charge in [-0.1, -0.05) is 36.3 Å². The number of benzene rings is 2. The van der Waals surface area contributed by atoms with Gasteiger partial charge in [0.1, 0.15) is 17.1 Å². The Labute approximate surface area is 234 Å². The second kappa shape index (κ2) is 10.2. The number of hydrogen-bond donors (Lipinski definition) is 3. The van der Waals surface area contributed by atoms with Crippen molar-refractivity contribution in [2.75, 3.05) is 17.6 Å². The zero-order chi connectivity index (χ0) is 27.8. The van der Waals surface area contributed by atoms with E-state index in [0.717, 1.165) is 10.4 Å². The zero-order valence-electron chi connectivity index (χ0n) is 21.8. The number of pyridine rings is 1. The number of nitrogens with one attached hydrogen (secondary N) is 2. The van der Waals surface area contributed by atoms with Gasteiger partial charge in [0.05, 0.1) is 16.4 Å². The molecule has 0 saturated carbocycles. The Bertz CT molecular complexity index is 1920. The van der Waals surface area contributed by atoms with Crippen LogP contribution in [0.15, 0.2) is 70.8 Å². The summed E-state index contributed by atoms with van der Waals surface area (Å²) in [6.07, 6.45) is 3.64. The first-order valence-electron chi connectivity index (χ1n) is 12.7. The molecule has 5 aromatic rings. The van der Waals surface area contributed by atoms with Crippen LogP contribution in [0.25, 0.3) is 22.7 Å². The van der Waals surface area contributed by atoms with E-state index < -0.39 is 6.04 Å². The van der Waals surface area contributed by atoms with E-state index >= 15 is 0 Å². The number of amides is 1. The van der Waals surface area contributed by atoms with Crippen LogP contribution in [0.2, 0.25) is 0 Å². The minimum atomic E-state index is -0.549. The number of hydrogen-bond acceptors (Lipinski definition) is 7. The average molecular weight is 548 g/mol. The van der Waals surface area contributed by atoms with Crippen molar-refractivity contribution >= 4 is 45.9 Å². The number of fused-ring (bicyclic) bond motifs is 2. The van der Waals surface area contributed by atoms with Crippen molar-refractivity contribution in [3.05, 3.63) is 104 Å². The second-order valence-electron chi connectivity index (χ2n) is 9.33. The van der Waals surface area contributed by atoms with Crippen LogP contribution >= 0.6 is 11.3 Å². The highest BCUT2D eigenvalue weighted by Gasteiger charge is 2.26. The summed E-state index contributed by atoms with van der Waals surface area (Å²) in [5.41, 5.74) is 8.72. The molecule has 1 aliphatic heterocycles. The molecule has 1 unspecified atom stereocenters. The number of para-hydroxylation sites is 1. The maximum absolute atomic E-state index is 14.2. The fourth-order valence-corrected chi connectivity index (χ4v) is 5.35. The van der Waals surface area contributed by atoms with Crippen molar-refractivity contribution < 1.29 is 4.79 Å². The molecule has 1 atom stereocenters. The Balaban J connectivity index is 1.46. The Hall–Kier alpha value is -5.14. The highest BCUT2D eigenvalue weighted by Crippen LogP contribution is 2.27. The summed E-state index contributed by atoms with van der Waals surface area (Å²) in [6.45, 7) is 4.33. The van der Waals surface area contributed by atoms with Gasteiger partial charge in [0.2, 0.25) is 0 Å². The zero-order valence-corrected chi connectivity index (χ0v) is 22.6. The molecule has 0 fully saturated rings. The number of carbonyl (C=O) groups is 1. The van der Waals surface area contributed by atoms with Crippen LogP contribution in [0.1, 0.15) is 45.3 Å². The third-order valence-electron chi connectivity index (χ3n) is 6.62. The number of nitrogens with zero attached hydrogens (tertiary/aromatic N) is 4. The van der Waals surface area contributed by atoms with Gasteiger partial charge >= 0.3 is 0 Å². The first-order chi connectivity index (χ1) is 19.4. The SMILES string of the molecule is Cc1nc(C#Cc2cccc3cc(C(C)NC(=O)c4c(N)nn5c4NCC=C5)n(-c4ccccc4)c(=O)c23)cs1. The Morgan fingerprint density at radius 2 is 2.00 bits per heavy atom. The molecular formula is C30H25N7O2S. The number of aromatic nitrogens is 4. The van der Waals surface area contributed by atoms with Crippen molar-refractivity contribution in [3.8, 4) is 17.5 Å². The molecule has 198 valence electrons. The number of rotatable bonds is 4. The van der Waals surface area contributed by atoms with E-state index in [-0.39, 0.29) is 22.8 Å². The largest absolute Gasteiger partial charge is 0.381 e. The molecule has 1 amide bonds. The van der Waals surface area contributed by atoms with Crippen molar-refractivity contribution in [3.63, 3.8) is 0 Å². The Morgan fingerprint density at radius 1 is 1.18 bits per heavy atom. The van der Waals surface area contributed by atoms with Crippen LogP contribution in [-0.4, -0.2) is 31.8 Å². The molecule has 0 radical (unpaired) electrons. The quantitative estimate of drug-likeness (QED) is 0.288. The molecule has 1 aliphatic rings. The van der Waals surface area contributed by atoms with Gasteiger partial charge in [0.25, 0.3) is 11.5 Å². The lowest BCUT2D eigenvalue weighted by Crippen LogP contribution is -2.33. The van der Waals surface area contributed by atoms with E-state index in [1.54, 1.807) is 15.4 Å². The molecule has 3 aromatic heterocycles. The number of thiazole rings is 1. The third-order valence-corrected chi connectivity index (χ3v) is 7.40. The van der Waals surface area contributed by atoms with Crippen LogP contribution < -0.4 is 21.9 Å². The van der Waals surface area contributed by atoms with E-state index in [1.807, 2.05) is 79.9 Å². The van der Waals surface area contributed by atoms with Crippen LogP contribution in [-0.2, 0) is 0 Å². The maximum atomic E-state index is 14.2. The van der Waals surface area contributed by atoms with Crippen molar-refractivity contribution in [2.24, 2.45) is 0 Å². The normalized spacial score (nSPS) is 12.8. The summed E-state index contributed by atoms with van der Waals surface area (Å²) in [5.74, 6) is 6.49. The lowest BCUT2D eigenvalue weighted by atomic mass is 10.0. The molecule has 0 saturated heterocycles. The van der Waals surface area contributed by atoms with Crippen molar-refractivity contribution in [1.82, 2.24) is 24.6 Å². The standard InChI is InChI=1S/C30H25N7O2S/c1-18(33-29(38)26-27(31)35-36-15-7-14-32-28(26)36)24-16-21-9-6-8-20(12-13-22-17-40-19(2)34-22)25(21)30(39)37(24)23-10-4-3-5-11-23/h3-11,15-18,32H,14H2,1-2H3,(H2,31,35)(H,33,38). The van der Waals surface area contributed by atoms with Gasteiger partial charge < -0.3 is 16.4 Å². The number of anilines is 2. The highest BCUT2D eigenvalue weighted by molar-refractivity contribution is 7.09. The Kier molecular flexibility index (Phi) is 6.42. The van der Waals surface area contributed by atoms with Crippen LogP contribution in [0, 0.1) is 18.8 Å². The lowest BCUT2D eigenvalue weighted by molar-refractivity contribution is 0.0940. The monoisotopic (exact) mass is 547 g/mol. The van der Waals surface area contributed by atoms with E-state index in [4.69, 9.17) is 5.73 Å². The molecule has 4 heterocycles. The molecule has 40 heavy (non-hydrogen) atoms. The van der Waals surface area contributed by atoms with Crippen molar-refractivity contribution in [1.29, 1.82) is 0 Å². The molecule has 10 heteroatoms. The Morgan fingerprint density at radius 3 is 2.77 bits per heavy atom. The molecule has 9 nitrogen and oxygen atoms in total. The summed E-state index contributed by atoms with van der Waals surface area (Å²) in [6, 6.07) is 16.3. The average Bonchev–Trinajstić information content (AvgIpc) is 3.53. The van der Waals surface area contributed by atoms with E-state index in [9.17, 15) is 9.59 Å². The predicted octanol–water partition coefficient (Wildman–Crippen LogP) is 4.32. The van der Waals surface area contributed by atoms with Gasteiger partial charge in [-0.2, -0.15) is 0 Å². The summed E-state index contributed by atoms with van der Waals surface area (Å²) < 4.78 is 3.17. The number of nitrogens with two attached hydrogens (primary N) is 1. The summed E-state index contributed by atoms with van der Waals surface area (Å²) in [5, 5.41) is 14.5. The minimum absolute atomic E-state index is 0.122. The van der Waals surface area contributed by atoms with Crippen molar-refractivity contribution in [2.45, 2.75) is 19.9 Å². The van der Waals surface area contributed by atoms with Gasteiger partial charge in [-0.25, -0.2) is 9.67 Å². The van der Waals surface area contributed by atoms with Crippen LogP contribution in [0.5, 0.6) is 0 Å². The fourth-order valence-electron chi connectivity index (χ4n) is 4.80. The van der Waals surface area contributed by atoms with Gasteiger partial charge in [-0.15, -0.1) is 16.4 Å². The van der Waals surface area contributed by atoms with Gasteiger partial charge in [-0.05, 0) is 55.5 Å². The predicted molar refractivity (Wildman–Crippen MR) is 159 cm³/mol. The second-order valence-corrected chi connectivity index (χ2v) is 10.4. The molecule has 4 N–H and O–H groups in total. The van der Waals surface area contributed by atoms with Gasteiger partial charge in [0.15, 0.2) is 5.82 Å². The van der Waals surface area contributed by atoms with E-state index in [1.165, 1.54) is 11.3 Å². The molecular weight excluding hydrogens is 522 g/mol. The van der Waals surface area contributed by atoms with Gasteiger partial charge in [-0.3, -0.25) is 14.2 Å². The topological polar surface area (TPSA) is 120 Å². The summed E-state index contributed by atoms with van der Waals surface area (Å²) >= 11 is 1.53. The van der Waals surface area contributed by atoms with Crippen LogP contribution in [0.4, 0.5) is 11.6 Å². The molecule has 6 rings (SSSR count). The molecule has 0 aliphatic carbocycles. The molecule has 0 spiro atoms.